The summed E-state index contributed by atoms with van der Waals surface area (Å²) in [4.78, 5) is 22.5. The maximum absolute atomic E-state index is 12.6. The highest BCUT2D eigenvalue weighted by molar-refractivity contribution is 5.94. The van der Waals surface area contributed by atoms with Crippen molar-refractivity contribution in [1.82, 2.24) is 15.5 Å². The number of alkyl halides is 3. The summed E-state index contributed by atoms with van der Waals surface area (Å²) in [6.07, 6.45) is -3.14. The number of halogens is 3. The van der Waals surface area contributed by atoms with Crippen molar-refractivity contribution in [3.05, 3.63) is 65.5 Å². The summed E-state index contributed by atoms with van der Waals surface area (Å²) in [5.74, 6) is -2.50. The molecule has 1 aromatic heterocycles. The quantitative estimate of drug-likeness (QED) is 0.358. The second-order valence-corrected chi connectivity index (χ2v) is 8.11. The van der Waals surface area contributed by atoms with E-state index in [0.29, 0.717) is 23.6 Å². The van der Waals surface area contributed by atoms with Crippen molar-refractivity contribution in [1.29, 1.82) is 0 Å². The minimum Gasteiger partial charge on any atom is -0.481 e. The fraction of sp³-hybridized carbons (Fsp3) is 0.333. The molecule has 0 saturated heterocycles. The fourth-order valence-electron chi connectivity index (χ4n) is 3.33. The summed E-state index contributed by atoms with van der Waals surface area (Å²) in [6.45, 7) is 2.89. The Bertz CT molecular complexity index is 1130. The number of nitrogens with one attached hydrogen (secondary N) is 2. The zero-order chi connectivity index (χ0) is 25.4. The number of hydrogen-bond donors (Lipinski definition) is 3. The number of carbonyl (C=O) groups is 2. The van der Waals surface area contributed by atoms with E-state index in [4.69, 9.17) is 9.52 Å². The Morgan fingerprint density at radius 2 is 1.71 bits per heavy atom. The Morgan fingerprint density at radius 3 is 2.31 bits per heavy atom. The number of nitrogens with zero attached hydrogens (tertiary/aromatic N) is 2. The van der Waals surface area contributed by atoms with Gasteiger partial charge in [-0.2, -0.15) is 13.2 Å². The highest BCUT2D eigenvalue weighted by atomic mass is 19.4. The van der Waals surface area contributed by atoms with E-state index in [0.717, 1.165) is 24.1 Å². The first kappa shape index (κ1) is 25.7. The largest absolute Gasteiger partial charge is 0.481 e. The molecule has 2 aromatic carbocycles. The van der Waals surface area contributed by atoms with Gasteiger partial charge >= 0.3 is 18.0 Å². The molecule has 35 heavy (non-hydrogen) atoms. The Balaban J connectivity index is 1.42. The van der Waals surface area contributed by atoms with Crippen LogP contribution in [-0.2, 0) is 17.4 Å². The lowest BCUT2D eigenvalue weighted by atomic mass is 9.97. The summed E-state index contributed by atoms with van der Waals surface area (Å²) >= 11 is 0. The monoisotopic (exact) mass is 490 g/mol. The number of carboxylic acids is 1. The maximum Gasteiger partial charge on any atom is 0.470 e. The molecule has 3 aromatic rings. The van der Waals surface area contributed by atoms with Gasteiger partial charge in [0.2, 0.25) is 5.89 Å². The van der Waals surface area contributed by atoms with Gasteiger partial charge in [-0.3, -0.25) is 9.59 Å². The van der Waals surface area contributed by atoms with Crippen LogP contribution < -0.4 is 10.6 Å². The first-order valence-corrected chi connectivity index (χ1v) is 11.0. The molecule has 186 valence electrons. The molecule has 1 atom stereocenters. The molecule has 0 aliphatic heterocycles. The van der Waals surface area contributed by atoms with Gasteiger partial charge in [0.25, 0.3) is 5.91 Å². The zero-order valence-corrected chi connectivity index (χ0v) is 18.9. The lowest BCUT2D eigenvalue weighted by molar-refractivity contribution is -0.157. The van der Waals surface area contributed by atoms with Gasteiger partial charge in [0.1, 0.15) is 0 Å². The van der Waals surface area contributed by atoms with Crippen LogP contribution in [-0.4, -0.2) is 40.3 Å². The molecule has 8 nitrogen and oxygen atoms in total. The smallest absolute Gasteiger partial charge is 0.470 e. The highest BCUT2D eigenvalue weighted by Gasteiger charge is 2.38. The molecule has 0 aliphatic carbocycles. The fourth-order valence-corrected chi connectivity index (χ4v) is 3.33. The van der Waals surface area contributed by atoms with E-state index in [2.05, 4.69) is 27.8 Å². The molecule has 1 heterocycles. The summed E-state index contributed by atoms with van der Waals surface area (Å²) in [7, 11) is 0. The molecule has 0 fully saturated rings. The predicted octanol–water partition coefficient (Wildman–Crippen LogP) is 4.64. The average molecular weight is 490 g/mol. The van der Waals surface area contributed by atoms with Crippen molar-refractivity contribution in [2.24, 2.45) is 5.92 Å². The Kier molecular flexibility index (Phi) is 8.45. The number of anilines is 1. The van der Waals surface area contributed by atoms with Crippen LogP contribution in [0.3, 0.4) is 0 Å². The van der Waals surface area contributed by atoms with E-state index in [1.54, 1.807) is 36.4 Å². The van der Waals surface area contributed by atoms with Crippen molar-refractivity contribution < 1.29 is 32.3 Å². The Labute approximate surface area is 199 Å². The van der Waals surface area contributed by atoms with Crippen LogP contribution in [0.15, 0.2) is 52.9 Å². The van der Waals surface area contributed by atoms with Crippen LogP contribution >= 0.6 is 0 Å². The molecule has 1 unspecified atom stereocenters. The van der Waals surface area contributed by atoms with Crippen LogP contribution in [0.2, 0.25) is 0 Å². The van der Waals surface area contributed by atoms with E-state index in [9.17, 15) is 22.8 Å². The molecule has 0 aliphatic rings. The lowest BCUT2D eigenvalue weighted by Gasteiger charge is -2.13. The van der Waals surface area contributed by atoms with E-state index in [-0.39, 0.29) is 24.8 Å². The number of aliphatic carboxylic acids is 1. The van der Waals surface area contributed by atoms with Crippen molar-refractivity contribution in [2.75, 3.05) is 18.4 Å². The lowest BCUT2D eigenvalue weighted by Crippen LogP contribution is -2.25. The van der Waals surface area contributed by atoms with Crippen LogP contribution in [0.25, 0.3) is 11.5 Å². The van der Waals surface area contributed by atoms with Crippen molar-refractivity contribution in [3.8, 4) is 11.5 Å². The summed E-state index contributed by atoms with van der Waals surface area (Å²) in [5, 5.41) is 21.0. The number of amides is 1. The molecular weight excluding hydrogens is 465 g/mol. The Hall–Kier alpha value is -3.89. The number of aromatic nitrogens is 2. The van der Waals surface area contributed by atoms with E-state index < -0.39 is 18.0 Å². The summed E-state index contributed by atoms with van der Waals surface area (Å²) in [6, 6.07) is 13.9. The third-order valence-electron chi connectivity index (χ3n) is 5.19. The van der Waals surface area contributed by atoms with Crippen LogP contribution in [0, 0.1) is 5.92 Å². The second-order valence-electron chi connectivity index (χ2n) is 8.11. The van der Waals surface area contributed by atoms with Crippen LogP contribution in [0.4, 0.5) is 18.9 Å². The zero-order valence-electron chi connectivity index (χ0n) is 18.9. The van der Waals surface area contributed by atoms with E-state index in [1.165, 1.54) is 0 Å². The van der Waals surface area contributed by atoms with Crippen molar-refractivity contribution in [3.63, 3.8) is 0 Å². The molecule has 3 rings (SSSR count). The van der Waals surface area contributed by atoms with Gasteiger partial charge in [-0.1, -0.05) is 19.1 Å². The minimum absolute atomic E-state index is 0.0741. The summed E-state index contributed by atoms with van der Waals surface area (Å²) in [5.41, 5.74) is 2.77. The maximum atomic E-state index is 12.6. The Morgan fingerprint density at radius 1 is 1.03 bits per heavy atom. The van der Waals surface area contributed by atoms with Gasteiger partial charge in [0, 0.05) is 29.9 Å². The van der Waals surface area contributed by atoms with Gasteiger partial charge in [0.05, 0.1) is 6.42 Å². The van der Waals surface area contributed by atoms with Crippen molar-refractivity contribution in [2.45, 2.75) is 32.4 Å². The third kappa shape index (κ3) is 7.83. The standard InChI is InChI=1S/C24H25F3N4O4/c1-15(10-12-28-19-8-6-17(7-9-19)21(34)29-13-11-20(32)33)14-16-2-4-18(5-3-16)22-30-31-23(35-22)24(25,26)27/h2-9,15,28H,10-14H2,1H3,(H,29,34)(H,32,33). The van der Waals surface area contributed by atoms with Gasteiger partial charge in [-0.15, -0.1) is 10.2 Å². The normalized spacial score (nSPS) is 12.2. The SMILES string of the molecule is CC(CCNc1ccc(C(=O)NCCC(=O)O)cc1)Cc1ccc(-c2nnc(C(F)(F)F)o2)cc1. The number of carbonyl (C=O) groups excluding carboxylic acids is 1. The third-order valence-corrected chi connectivity index (χ3v) is 5.19. The number of benzene rings is 2. The summed E-state index contributed by atoms with van der Waals surface area (Å²) < 4.78 is 42.5. The van der Waals surface area contributed by atoms with Crippen molar-refractivity contribution >= 4 is 17.6 Å². The minimum atomic E-state index is -4.67. The molecule has 0 saturated carbocycles. The highest BCUT2D eigenvalue weighted by Crippen LogP contribution is 2.30. The number of hydrogen-bond acceptors (Lipinski definition) is 6. The molecule has 0 bridgehead atoms. The number of carboxylic acid groups (broad SMARTS) is 1. The molecule has 0 radical (unpaired) electrons. The number of rotatable bonds is 11. The van der Waals surface area contributed by atoms with Crippen LogP contribution in [0.5, 0.6) is 0 Å². The van der Waals surface area contributed by atoms with Gasteiger partial charge in [-0.25, -0.2) is 0 Å². The second kappa shape index (κ2) is 11.5. The van der Waals surface area contributed by atoms with Crippen LogP contribution in [0.1, 0.15) is 41.6 Å². The molecule has 11 heteroatoms. The van der Waals surface area contributed by atoms with Gasteiger partial charge in [0.15, 0.2) is 0 Å². The topological polar surface area (TPSA) is 117 Å². The predicted molar refractivity (Wildman–Crippen MR) is 122 cm³/mol. The first-order valence-electron chi connectivity index (χ1n) is 11.0. The van der Waals surface area contributed by atoms with Gasteiger partial charge < -0.3 is 20.2 Å². The molecular formula is C24H25F3N4O4. The molecule has 0 spiro atoms. The van der Waals surface area contributed by atoms with E-state index >= 15 is 0 Å². The van der Waals surface area contributed by atoms with Gasteiger partial charge in [-0.05, 0) is 60.7 Å². The van der Waals surface area contributed by atoms with E-state index in [1.807, 2.05) is 12.1 Å². The molecule has 1 amide bonds. The first-order chi connectivity index (χ1) is 16.6. The molecule has 3 N–H and O–H groups in total. The average Bonchev–Trinajstić information content (AvgIpc) is 3.31.